The van der Waals surface area contributed by atoms with Gasteiger partial charge in [0.25, 0.3) is 0 Å². The summed E-state index contributed by atoms with van der Waals surface area (Å²) in [6.07, 6.45) is 1.73. The predicted molar refractivity (Wildman–Crippen MR) is 232 cm³/mol. The van der Waals surface area contributed by atoms with Gasteiger partial charge in [-0.1, -0.05) is 58.4 Å². The van der Waals surface area contributed by atoms with Gasteiger partial charge in [-0.2, -0.15) is 0 Å². The monoisotopic (exact) mass is 867 g/mol. The van der Waals surface area contributed by atoms with Gasteiger partial charge < -0.3 is 63.1 Å². The Bertz CT molecular complexity index is 1440. The third-order valence-electron chi connectivity index (χ3n) is 14.1. The molecule has 0 bridgehead atoms. The summed E-state index contributed by atoms with van der Waals surface area (Å²) in [4.78, 5) is 30.0. The molecule has 61 heavy (non-hydrogen) atoms. The van der Waals surface area contributed by atoms with Crippen molar-refractivity contribution in [3.63, 3.8) is 0 Å². The molecule has 0 aliphatic carbocycles. The first kappa shape index (κ1) is 51.8. The summed E-state index contributed by atoms with van der Waals surface area (Å²) in [6.45, 7) is 19.4. The number of carbonyl (C=O) groups is 2. The van der Waals surface area contributed by atoms with Gasteiger partial charge in [0.1, 0.15) is 24.6 Å². The van der Waals surface area contributed by atoms with Crippen LogP contribution in [0.25, 0.3) is 0 Å². The minimum atomic E-state index is -1.24. The van der Waals surface area contributed by atoms with Gasteiger partial charge in [-0.25, -0.2) is 0 Å². The summed E-state index contributed by atoms with van der Waals surface area (Å²) < 4.78 is 45.2. The van der Waals surface area contributed by atoms with Crippen molar-refractivity contribution in [3.8, 4) is 0 Å². The second kappa shape index (κ2) is 22.9. The molecule has 3 N–H and O–H groups in total. The molecule has 4 aliphatic heterocycles. The number of aldehydes is 1. The second-order valence-electron chi connectivity index (χ2n) is 19.5. The predicted octanol–water partition coefficient (Wildman–Crippen LogP) is 5.25. The van der Waals surface area contributed by atoms with Crippen molar-refractivity contribution in [1.82, 2.24) is 9.80 Å². The number of aliphatic hydroxyl groups is 3. The van der Waals surface area contributed by atoms with Crippen molar-refractivity contribution in [2.24, 2.45) is 29.6 Å². The number of carbonyl (C=O) groups excluding carboxylic acids is 2. The van der Waals surface area contributed by atoms with Gasteiger partial charge in [0.2, 0.25) is 0 Å². The Morgan fingerprint density at radius 2 is 1.56 bits per heavy atom. The van der Waals surface area contributed by atoms with Crippen molar-refractivity contribution >= 4 is 12.3 Å². The third-order valence-corrected chi connectivity index (χ3v) is 14.1. The van der Waals surface area contributed by atoms with Crippen LogP contribution in [0.2, 0.25) is 0 Å². The molecule has 3 fully saturated rings. The van der Waals surface area contributed by atoms with Gasteiger partial charge in [0.05, 0.1) is 54.7 Å². The Hall–Kier alpha value is -1.82. The number of hydrogen-bond acceptors (Lipinski definition) is 14. The number of esters is 1. The molecule has 4 aliphatic rings. The maximum Gasteiger partial charge on any atom is 0.308 e. The van der Waals surface area contributed by atoms with E-state index in [4.69, 9.17) is 33.2 Å². The highest BCUT2D eigenvalue weighted by atomic mass is 16.7. The smallest absolute Gasteiger partial charge is 0.308 e. The van der Waals surface area contributed by atoms with Crippen molar-refractivity contribution in [2.45, 2.75) is 206 Å². The number of allylic oxidation sites excluding steroid dienone is 2. The molecule has 3 saturated heterocycles. The highest BCUT2D eigenvalue weighted by molar-refractivity contribution is 5.70. The van der Waals surface area contributed by atoms with Gasteiger partial charge in [0.15, 0.2) is 18.9 Å². The van der Waals surface area contributed by atoms with Crippen LogP contribution >= 0.6 is 0 Å². The molecule has 0 saturated carbocycles. The van der Waals surface area contributed by atoms with Crippen LogP contribution in [0.1, 0.15) is 114 Å². The van der Waals surface area contributed by atoms with E-state index in [1.165, 1.54) is 0 Å². The largest absolute Gasteiger partial charge is 0.462 e. The van der Waals surface area contributed by atoms with Crippen molar-refractivity contribution in [3.05, 3.63) is 23.8 Å². The molecule has 0 aromatic carbocycles. The molecule has 352 valence electrons. The SMILES string of the molecule is CC[C@H]1OC(=O)C[C@@H](O)[C@H](C)[C@@H](O[C@@H]2OC(C)[C@@H](O[C@H]3CC(C)(O)[C@@H](C)C(C)O3)C(N(C)C)C2O)[C@@H](CC=O)C[C@@H](C)[C@@H](O[C@H]2CC[C@H](N(C)C)C(C)O2)/C=C/C(C)=C/[C@@H]1C. The topological polar surface area (TPSA) is 166 Å². The Kier molecular flexibility index (Phi) is 19.4. The zero-order chi connectivity index (χ0) is 45.5. The normalized spacial score (nSPS) is 46.4. The summed E-state index contributed by atoms with van der Waals surface area (Å²) in [5.41, 5.74) is -0.0288. The van der Waals surface area contributed by atoms with E-state index in [1.54, 1.807) is 13.8 Å². The number of ether oxygens (including phenoxy) is 7. The number of likely N-dealkylation sites (N-methyl/N-ethyl adjacent to an activating group) is 2. The van der Waals surface area contributed by atoms with Crippen LogP contribution < -0.4 is 0 Å². The van der Waals surface area contributed by atoms with Crippen LogP contribution in [0, 0.1) is 29.6 Å². The fourth-order valence-electron chi connectivity index (χ4n) is 9.96. The van der Waals surface area contributed by atoms with E-state index in [2.05, 4.69) is 45.0 Å². The molecular formula is C47H82N2O12. The summed E-state index contributed by atoms with van der Waals surface area (Å²) in [7, 11) is 7.81. The number of aliphatic hydroxyl groups excluding tert-OH is 2. The fourth-order valence-corrected chi connectivity index (χ4v) is 9.96. The summed E-state index contributed by atoms with van der Waals surface area (Å²) in [5.74, 6) is -2.06. The minimum Gasteiger partial charge on any atom is -0.462 e. The standard InChI is InChI=1S/C47H82N2O12/c1-15-37-27(3)22-26(2)16-18-38(59-40-19-17-35(48(11)12)32(8)56-40)28(4)23-34(20-21-50)44(29(5)36(51)24-39(52)58-37)61-46-43(53)42(49(13)14)45(33(9)57-46)60-41-25-47(10,54)30(6)31(7)55-41/h16,18,21-22,27-38,40-46,51,53-54H,15,17,19-20,23-25H2,1-14H3/b18-16+,26-22+/t27-,28+,29-,30-,31?,32?,33?,34-,35-,36+,37+,38-,40-,41-,42?,43?,44+,45+,46-,47?/m0/s1. The van der Waals surface area contributed by atoms with Crippen LogP contribution in [0.4, 0.5) is 0 Å². The lowest BCUT2D eigenvalue weighted by Gasteiger charge is -2.50. The van der Waals surface area contributed by atoms with E-state index in [0.717, 1.165) is 24.7 Å². The summed E-state index contributed by atoms with van der Waals surface area (Å²) in [5, 5.41) is 35.1. The van der Waals surface area contributed by atoms with Crippen LogP contribution in [-0.2, 0) is 42.7 Å². The van der Waals surface area contributed by atoms with Crippen LogP contribution in [0.15, 0.2) is 23.8 Å². The Morgan fingerprint density at radius 3 is 2.15 bits per heavy atom. The lowest BCUT2D eigenvalue weighted by atomic mass is 9.79. The summed E-state index contributed by atoms with van der Waals surface area (Å²) >= 11 is 0. The molecule has 4 rings (SSSR count). The molecule has 20 atom stereocenters. The molecule has 0 spiro atoms. The van der Waals surface area contributed by atoms with E-state index >= 15 is 0 Å². The number of hydrogen-bond donors (Lipinski definition) is 3. The Balaban J connectivity index is 1.69. The second-order valence-corrected chi connectivity index (χ2v) is 19.5. The van der Waals surface area contributed by atoms with Crippen molar-refractivity contribution < 1.29 is 58.1 Å². The van der Waals surface area contributed by atoms with E-state index in [0.29, 0.717) is 12.8 Å². The van der Waals surface area contributed by atoms with Gasteiger partial charge >= 0.3 is 5.97 Å². The molecule has 6 unspecified atom stereocenters. The van der Waals surface area contributed by atoms with Crippen molar-refractivity contribution in [2.75, 3.05) is 28.2 Å². The molecule has 14 heteroatoms. The first-order valence-corrected chi connectivity index (χ1v) is 22.9. The van der Waals surface area contributed by atoms with E-state index in [-0.39, 0.29) is 55.3 Å². The first-order valence-electron chi connectivity index (χ1n) is 22.9. The number of rotatable bonds is 11. The molecule has 4 heterocycles. The molecule has 0 aromatic heterocycles. The maximum absolute atomic E-state index is 13.4. The highest BCUT2D eigenvalue weighted by Crippen LogP contribution is 2.39. The van der Waals surface area contributed by atoms with Crippen LogP contribution in [-0.4, -0.2) is 157 Å². The van der Waals surface area contributed by atoms with Crippen LogP contribution in [0.3, 0.4) is 0 Å². The van der Waals surface area contributed by atoms with Gasteiger partial charge in [-0.15, -0.1) is 0 Å². The molecule has 0 amide bonds. The minimum absolute atomic E-state index is 0.0315. The lowest BCUT2D eigenvalue weighted by Crippen LogP contribution is -2.65. The van der Waals surface area contributed by atoms with Crippen molar-refractivity contribution in [1.29, 1.82) is 0 Å². The molecule has 14 nitrogen and oxygen atoms in total. The molecule has 0 radical (unpaired) electrons. The third kappa shape index (κ3) is 13.6. The lowest BCUT2D eigenvalue weighted by molar-refractivity contribution is -0.338. The van der Waals surface area contributed by atoms with Gasteiger partial charge in [0, 0.05) is 36.6 Å². The Labute approximate surface area is 366 Å². The Morgan fingerprint density at radius 1 is 0.885 bits per heavy atom. The van der Waals surface area contributed by atoms with E-state index in [9.17, 15) is 24.9 Å². The first-order chi connectivity index (χ1) is 28.6. The van der Waals surface area contributed by atoms with E-state index < -0.39 is 91.0 Å². The highest BCUT2D eigenvalue weighted by Gasteiger charge is 2.51. The van der Waals surface area contributed by atoms with Gasteiger partial charge in [-0.3, -0.25) is 4.79 Å². The fraction of sp³-hybridized carbons (Fsp3) is 0.872. The van der Waals surface area contributed by atoms with Gasteiger partial charge in [-0.05, 0) is 100 Å². The number of nitrogens with zero attached hydrogens (tertiary/aromatic N) is 2. The quantitative estimate of drug-likeness (QED) is 0.182. The average Bonchev–Trinajstić information content (AvgIpc) is 3.17. The van der Waals surface area contributed by atoms with Crippen LogP contribution in [0.5, 0.6) is 0 Å². The summed E-state index contributed by atoms with van der Waals surface area (Å²) in [6, 6.07) is -0.350. The average molecular weight is 867 g/mol. The number of cyclic esters (lactones) is 1. The maximum atomic E-state index is 13.4. The zero-order valence-electron chi connectivity index (χ0n) is 39.6. The molecule has 0 aromatic rings. The molecular weight excluding hydrogens is 785 g/mol. The van der Waals surface area contributed by atoms with E-state index in [1.807, 2.05) is 66.6 Å². The zero-order valence-corrected chi connectivity index (χ0v) is 39.6.